The molecule has 2 N–H and O–H groups in total. The summed E-state index contributed by atoms with van der Waals surface area (Å²) in [5.41, 5.74) is 1.33. The molecular weight excluding hydrogens is 304 g/mol. The lowest BCUT2D eigenvalue weighted by Crippen LogP contribution is -2.28. The zero-order chi connectivity index (χ0) is 15.5. The van der Waals surface area contributed by atoms with Crippen LogP contribution < -0.4 is 10.6 Å². The molecule has 0 saturated heterocycles. The molecule has 0 aliphatic heterocycles. The Kier molecular flexibility index (Phi) is 4.60. The van der Waals surface area contributed by atoms with E-state index in [4.69, 9.17) is 0 Å². The average Bonchev–Trinajstić information content (AvgIpc) is 3.04. The summed E-state index contributed by atoms with van der Waals surface area (Å²) >= 11 is 2.75. The first-order valence-corrected chi connectivity index (χ1v) is 8.04. The van der Waals surface area contributed by atoms with Crippen LogP contribution >= 0.6 is 22.9 Å². The third-order valence-electron chi connectivity index (χ3n) is 2.74. The minimum absolute atomic E-state index is 0.0483. The maximum Gasteiger partial charge on any atom is 0.319 e. The van der Waals surface area contributed by atoms with Crippen LogP contribution in [0.2, 0.25) is 0 Å². The number of nitriles is 1. The molecule has 110 valence electrons. The number of nitrogens with zero attached hydrogens (tertiary/aromatic N) is 2. The van der Waals surface area contributed by atoms with E-state index < -0.39 is 0 Å². The van der Waals surface area contributed by atoms with Gasteiger partial charge in [0.15, 0.2) is 0 Å². The molecule has 2 aromatic heterocycles. The Morgan fingerprint density at radius 3 is 2.81 bits per heavy atom. The van der Waals surface area contributed by atoms with Crippen molar-refractivity contribution in [1.82, 2.24) is 9.69 Å². The summed E-state index contributed by atoms with van der Waals surface area (Å²) in [6.07, 6.45) is 0. The summed E-state index contributed by atoms with van der Waals surface area (Å²) in [6, 6.07) is 5.51. The predicted octanol–water partition coefficient (Wildman–Crippen LogP) is 3.70. The summed E-state index contributed by atoms with van der Waals surface area (Å²) in [7, 11) is 0. The van der Waals surface area contributed by atoms with Gasteiger partial charge >= 0.3 is 6.03 Å². The van der Waals surface area contributed by atoms with E-state index in [-0.39, 0.29) is 11.4 Å². The zero-order valence-electron chi connectivity index (χ0n) is 12.1. The Hall–Kier alpha value is -1.91. The van der Waals surface area contributed by atoms with Gasteiger partial charge in [-0.25, -0.2) is 4.79 Å². The van der Waals surface area contributed by atoms with Crippen molar-refractivity contribution in [3.63, 3.8) is 0 Å². The van der Waals surface area contributed by atoms with Crippen molar-refractivity contribution in [2.24, 2.45) is 0 Å². The SMILES string of the molecule is CC(C)(C)c1cc(NC(=O)NCc2ccsn2)c(C#N)s1. The molecule has 5 nitrogen and oxygen atoms in total. The number of anilines is 1. The number of carbonyl (C=O) groups excluding carboxylic acids is 1. The van der Waals surface area contributed by atoms with Gasteiger partial charge in [0.25, 0.3) is 0 Å². The van der Waals surface area contributed by atoms with E-state index in [0.29, 0.717) is 17.1 Å². The smallest absolute Gasteiger partial charge is 0.319 e. The van der Waals surface area contributed by atoms with E-state index in [1.54, 1.807) is 0 Å². The van der Waals surface area contributed by atoms with Crippen molar-refractivity contribution in [3.8, 4) is 6.07 Å². The van der Waals surface area contributed by atoms with Crippen LogP contribution in [0.1, 0.15) is 36.2 Å². The lowest BCUT2D eigenvalue weighted by molar-refractivity contribution is 0.251. The largest absolute Gasteiger partial charge is 0.332 e. The highest BCUT2D eigenvalue weighted by molar-refractivity contribution is 7.13. The number of aromatic nitrogens is 1. The van der Waals surface area contributed by atoms with Crippen LogP contribution in [-0.2, 0) is 12.0 Å². The fourth-order valence-electron chi connectivity index (χ4n) is 1.60. The summed E-state index contributed by atoms with van der Waals surface area (Å²) in [4.78, 5) is 13.5. The standard InChI is InChI=1S/C14H16N4OS2/c1-14(2,3)12-6-10(11(7-15)21-12)17-13(19)16-8-9-4-5-20-18-9/h4-6H,8H2,1-3H3,(H2,16,17,19). The Balaban J connectivity index is 2.03. The van der Waals surface area contributed by atoms with Gasteiger partial charge in [-0.2, -0.15) is 9.64 Å². The molecule has 0 unspecified atom stereocenters. The molecule has 2 aromatic rings. The number of hydrogen-bond donors (Lipinski definition) is 2. The minimum atomic E-state index is -0.335. The van der Waals surface area contributed by atoms with Gasteiger partial charge in [0.1, 0.15) is 10.9 Å². The van der Waals surface area contributed by atoms with Crippen molar-refractivity contribution in [1.29, 1.82) is 5.26 Å². The molecule has 7 heteroatoms. The van der Waals surface area contributed by atoms with Crippen LogP contribution in [0.4, 0.5) is 10.5 Å². The highest BCUT2D eigenvalue weighted by atomic mass is 32.1. The fourth-order valence-corrected chi connectivity index (χ4v) is 3.11. The van der Waals surface area contributed by atoms with Gasteiger partial charge in [-0.15, -0.1) is 11.3 Å². The van der Waals surface area contributed by atoms with Crippen LogP contribution in [0.15, 0.2) is 17.5 Å². The number of thiophene rings is 1. The van der Waals surface area contributed by atoms with Crippen LogP contribution in [0, 0.1) is 11.3 Å². The summed E-state index contributed by atoms with van der Waals surface area (Å²) < 4.78 is 4.11. The van der Waals surface area contributed by atoms with E-state index in [1.165, 1.54) is 22.9 Å². The van der Waals surface area contributed by atoms with Gasteiger partial charge < -0.3 is 10.6 Å². The topological polar surface area (TPSA) is 77.8 Å². The van der Waals surface area contributed by atoms with Crippen molar-refractivity contribution in [3.05, 3.63) is 33.0 Å². The first-order chi connectivity index (χ1) is 9.90. The second-order valence-corrected chi connectivity index (χ2v) is 7.23. The van der Waals surface area contributed by atoms with Gasteiger partial charge in [-0.05, 0) is 29.1 Å². The van der Waals surface area contributed by atoms with Crippen LogP contribution in [0.25, 0.3) is 0 Å². The number of hydrogen-bond acceptors (Lipinski definition) is 5. The summed E-state index contributed by atoms with van der Waals surface area (Å²) in [6.45, 7) is 6.59. The summed E-state index contributed by atoms with van der Waals surface area (Å²) in [5.74, 6) is 0. The molecule has 21 heavy (non-hydrogen) atoms. The van der Waals surface area contributed by atoms with Crippen molar-refractivity contribution >= 4 is 34.6 Å². The number of urea groups is 1. The molecule has 0 radical (unpaired) electrons. The number of rotatable bonds is 3. The molecule has 0 bridgehead atoms. The zero-order valence-corrected chi connectivity index (χ0v) is 13.7. The second-order valence-electron chi connectivity index (χ2n) is 5.51. The molecule has 0 spiro atoms. The Bertz CT molecular complexity index is 662. The van der Waals surface area contributed by atoms with Crippen molar-refractivity contribution in [2.75, 3.05) is 5.32 Å². The molecule has 0 atom stereocenters. The van der Waals surface area contributed by atoms with Gasteiger partial charge in [0, 0.05) is 10.3 Å². The average molecular weight is 320 g/mol. The molecule has 0 fully saturated rings. The quantitative estimate of drug-likeness (QED) is 0.905. The molecule has 2 amide bonds. The molecule has 2 rings (SSSR count). The highest BCUT2D eigenvalue weighted by Crippen LogP contribution is 2.34. The minimum Gasteiger partial charge on any atom is -0.332 e. The van der Waals surface area contributed by atoms with Gasteiger partial charge in [0.2, 0.25) is 0 Å². The number of amides is 2. The van der Waals surface area contributed by atoms with Gasteiger partial charge in [-0.3, -0.25) is 0 Å². The van der Waals surface area contributed by atoms with Crippen molar-refractivity contribution < 1.29 is 4.79 Å². The van der Waals surface area contributed by atoms with Crippen LogP contribution in [-0.4, -0.2) is 10.4 Å². The lowest BCUT2D eigenvalue weighted by atomic mass is 9.94. The van der Waals surface area contributed by atoms with Crippen molar-refractivity contribution in [2.45, 2.75) is 32.7 Å². The molecule has 0 aliphatic rings. The molecule has 0 aromatic carbocycles. The third-order valence-corrected chi connectivity index (χ3v) is 4.81. The fraction of sp³-hybridized carbons (Fsp3) is 0.357. The van der Waals surface area contributed by atoms with E-state index in [1.807, 2.05) is 17.5 Å². The van der Waals surface area contributed by atoms with E-state index in [9.17, 15) is 10.1 Å². The first-order valence-electron chi connectivity index (χ1n) is 6.38. The molecule has 0 saturated carbocycles. The number of carbonyl (C=O) groups is 1. The molecule has 0 aliphatic carbocycles. The van der Waals surface area contributed by atoms with E-state index in [2.05, 4.69) is 41.8 Å². The third kappa shape index (κ3) is 4.03. The normalized spacial score (nSPS) is 11.0. The Morgan fingerprint density at radius 2 is 2.24 bits per heavy atom. The monoisotopic (exact) mass is 320 g/mol. The van der Waals surface area contributed by atoms with Crippen LogP contribution in [0.5, 0.6) is 0 Å². The molecular formula is C14H16N4OS2. The number of nitrogens with one attached hydrogen (secondary N) is 2. The Morgan fingerprint density at radius 1 is 1.48 bits per heavy atom. The second kappa shape index (κ2) is 6.24. The molecule has 2 heterocycles. The maximum atomic E-state index is 11.9. The predicted molar refractivity (Wildman–Crippen MR) is 85.7 cm³/mol. The first kappa shape index (κ1) is 15.5. The van der Waals surface area contributed by atoms with Gasteiger partial charge in [-0.1, -0.05) is 20.8 Å². The summed E-state index contributed by atoms with van der Waals surface area (Å²) in [5, 5.41) is 16.5. The van der Waals surface area contributed by atoms with Gasteiger partial charge in [0.05, 0.1) is 17.9 Å². The Labute approximate surface area is 131 Å². The highest BCUT2D eigenvalue weighted by Gasteiger charge is 2.20. The van der Waals surface area contributed by atoms with E-state index >= 15 is 0 Å². The van der Waals surface area contributed by atoms with Crippen LogP contribution in [0.3, 0.4) is 0 Å². The maximum absolute atomic E-state index is 11.9. The van der Waals surface area contributed by atoms with E-state index in [0.717, 1.165) is 10.6 Å². The lowest BCUT2D eigenvalue weighted by Gasteiger charge is -2.15.